The summed E-state index contributed by atoms with van der Waals surface area (Å²) < 4.78 is 147. The predicted molar refractivity (Wildman–Crippen MR) is 103 cm³/mol. The van der Waals surface area contributed by atoms with Crippen LogP contribution in [0.2, 0.25) is 26.2 Å². The molecule has 0 saturated heterocycles. The number of rotatable bonds is 8. The van der Waals surface area contributed by atoms with Crippen molar-refractivity contribution in [1.82, 2.24) is 0 Å². The Morgan fingerprint density at radius 2 is 0.636 bits per heavy atom. The predicted octanol–water partition coefficient (Wildman–Crippen LogP) is 5.03. The van der Waals surface area contributed by atoms with E-state index in [4.69, 9.17) is 8.85 Å². The van der Waals surface area contributed by atoms with Gasteiger partial charge in [0, 0.05) is 23.6 Å². The van der Waals surface area contributed by atoms with E-state index in [1.54, 1.807) is 0 Å². The molecule has 0 unspecified atom stereocenters. The first-order valence-corrected chi connectivity index (χ1v) is 15.2. The lowest BCUT2D eigenvalue weighted by Crippen LogP contribution is -2.51. The summed E-state index contributed by atoms with van der Waals surface area (Å²) in [5.74, 6) is -21.0. The van der Waals surface area contributed by atoms with Gasteiger partial charge in [-0.3, -0.25) is 0 Å². The maximum absolute atomic E-state index is 14.0. The Labute approximate surface area is 184 Å². The fourth-order valence-electron chi connectivity index (χ4n) is 3.12. The SMILES string of the molecule is C[Si](C)(OCCCO[Si](C)(C)c1c(F)c(F)c(F)c(F)c1F)c1c(F)c(F)c(F)c(F)c1F. The Balaban J connectivity index is 2.10. The molecule has 2 nitrogen and oxygen atoms in total. The van der Waals surface area contributed by atoms with E-state index in [0.717, 1.165) is 0 Å². The molecule has 0 aliphatic heterocycles. The zero-order chi connectivity index (χ0) is 25.5. The molecule has 0 aliphatic rings. The third-order valence-electron chi connectivity index (χ3n) is 4.84. The molecule has 0 heterocycles. The minimum atomic E-state index is -3.65. The van der Waals surface area contributed by atoms with E-state index >= 15 is 0 Å². The Kier molecular flexibility index (Phi) is 8.08. The van der Waals surface area contributed by atoms with Gasteiger partial charge in [0.2, 0.25) is 28.3 Å². The first kappa shape index (κ1) is 27.3. The molecule has 0 aliphatic carbocycles. The zero-order valence-corrected chi connectivity index (χ0v) is 19.7. The second-order valence-corrected chi connectivity index (χ2v) is 15.6. The highest BCUT2D eigenvalue weighted by atomic mass is 28.4. The van der Waals surface area contributed by atoms with Crippen molar-refractivity contribution in [3.8, 4) is 0 Å². The third-order valence-corrected chi connectivity index (χ3v) is 9.98. The van der Waals surface area contributed by atoms with Crippen molar-refractivity contribution in [1.29, 1.82) is 0 Å². The van der Waals surface area contributed by atoms with E-state index in [1.807, 2.05) is 0 Å². The number of benzene rings is 2. The van der Waals surface area contributed by atoms with Crippen LogP contribution in [0.1, 0.15) is 6.42 Å². The van der Waals surface area contributed by atoms with Gasteiger partial charge < -0.3 is 8.85 Å². The highest BCUT2D eigenvalue weighted by Crippen LogP contribution is 2.22. The van der Waals surface area contributed by atoms with Gasteiger partial charge in [0.1, 0.15) is 0 Å². The molecule has 33 heavy (non-hydrogen) atoms. The van der Waals surface area contributed by atoms with Crippen LogP contribution in [-0.4, -0.2) is 29.8 Å². The lowest BCUT2D eigenvalue weighted by atomic mass is 10.3. The monoisotopic (exact) mass is 524 g/mol. The molecule has 14 heteroatoms. The maximum Gasteiger partial charge on any atom is 0.224 e. The highest BCUT2D eigenvalue weighted by molar-refractivity contribution is 6.85. The van der Waals surface area contributed by atoms with Gasteiger partial charge in [-0.1, -0.05) is 0 Å². The van der Waals surface area contributed by atoms with Crippen LogP contribution in [0, 0.1) is 58.2 Å². The molecule has 0 fully saturated rings. The molecular formula is C19H18F10O2Si2. The lowest BCUT2D eigenvalue weighted by Gasteiger charge is -2.27. The standard InChI is InChI=1S/C19H18F10O2Si2/c1-32(2,18-14(26)10(22)8(20)11(23)15(18)27)30-6-5-7-31-33(3,4)19-16(28)12(24)9(21)13(25)17(19)29/h5-7H2,1-4H3. The van der Waals surface area contributed by atoms with Crippen molar-refractivity contribution in [2.45, 2.75) is 32.6 Å². The minimum absolute atomic E-state index is 0.0718. The highest BCUT2D eigenvalue weighted by Gasteiger charge is 2.39. The lowest BCUT2D eigenvalue weighted by molar-refractivity contribution is 0.242. The molecule has 0 saturated carbocycles. The van der Waals surface area contributed by atoms with Crippen LogP contribution in [-0.2, 0) is 8.85 Å². The summed E-state index contributed by atoms with van der Waals surface area (Å²) in [7, 11) is -7.31. The summed E-state index contributed by atoms with van der Waals surface area (Å²) in [5, 5.41) is -2.12. The van der Waals surface area contributed by atoms with Crippen molar-refractivity contribution < 1.29 is 52.8 Å². The van der Waals surface area contributed by atoms with Gasteiger partial charge in [-0.05, 0) is 32.6 Å². The summed E-state index contributed by atoms with van der Waals surface area (Å²) in [6.07, 6.45) is -0.0718. The van der Waals surface area contributed by atoms with Crippen molar-refractivity contribution in [3.05, 3.63) is 58.2 Å². The first-order valence-electron chi connectivity index (χ1n) is 9.38. The fourth-order valence-corrected chi connectivity index (χ4v) is 7.28. The van der Waals surface area contributed by atoms with Crippen LogP contribution in [0.3, 0.4) is 0 Å². The van der Waals surface area contributed by atoms with Crippen molar-refractivity contribution in [2.75, 3.05) is 13.2 Å². The normalized spacial score (nSPS) is 12.5. The Morgan fingerprint density at radius 1 is 0.424 bits per heavy atom. The van der Waals surface area contributed by atoms with E-state index in [9.17, 15) is 43.9 Å². The zero-order valence-electron chi connectivity index (χ0n) is 17.7. The van der Waals surface area contributed by atoms with Crippen LogP contribution < -0.4 is 10.4 Å². The van der Waals surface area contributed by atoms with Gasteiger partial charge in [0.25, 0.3) is 0 Å². The van der Waals surface area contributed by atoms with Crippen LogP contribution in [0.4, 0.5) is 43.9 Å². The van der Waals surface area contributed by atoms with Gasteiger partial charge in [-0.2, -0.15) is 0 Å². The topological polar surface area (TPSA) is 18.5 Å². The fraction of sp³-hybridized carbons (Fsp3) is 0.368. The number of halogens is 10. The summed E-state index contributed by atoms with van der Waals surface area (Å²) in [5.41, 5.74) is 0. The van der Waals surface area contributed by atoms with E-state index in [2.05, 4.69) is 0 Å². The average molecular weight is 525 g/mol. The molecule has 0 N–H and O–H groups in total. The molecule has 2 rings (SSSR count). The van der Waals surface area contributed by atoms with Crippen molar-refractivity contribution in [2.24, 2.45) is 0 Å². The van der Waals surface area contributed by atoms with E-state index < -0.39 is 85.2 Å². The van der Waals surface area contributed by atoms with Gasteiger partial charge >= 0.3 is 0 Å². The Morgan fingerprint density at radius 3 is 0.879 bits per heavy atom. The van der Waals surface area contributed by atoms with Gasteiger partial charge in [-0.25, -0.2) is 43.9 Å². The van der Waals surface area contributed by atoms with E-state index in [1.165, 1.54) is 26.2 Å². The molecule has 0 bridgehead atoms. The van der Waals surface area contributed by atoms with Crippen LogP contribution in [0.15, 0.2) is 0 Å². The molecule has 184 valence electrons. The van der Waals surface area contributed by atoms with Gasteiger partial charge in [0.05, 0.1) is 0 Å². The maximum atomic E-state index is 14.0. The summed E-state index contributed by atoms with van der Waals surface area (Å²) in [6.45, 7) is 4.17. The second kappa shape index (κ2) is 9.76. The average Bonchev–Trinajstić information content (AvgIpc) is 2.73. The Hall–Kier alpha value is -1.91. The summed E-state index contributed by atoms with van der Waals surface area (Å²) in [4.78, 5) is 0. The molecule has 0 aromatic heterocycles. The van der Waals surface area contributed by atoms with Crippen LogP contribution in [0.25, 0.3) is 0 Å². The molecule has 2 aromatic carbocycles. The number of hydrogen-bond acceptors (Lipinski definition) is 2. The molecule has 0 atom stereocenters. The van der Waals surface area contributed by atoms with E-state index in [0.29, 0.717) is 0 Å². The minimum Gasteiger partial charge on any atom is -0.413 e. The van der Waals surface area contributed by atoms with Crippen LogP contribution >= 0.6 is 0 Å². The first-order chi connectivity index (χ1) is 15.1. The molecule has 0 radical (unpaired) electrons. The molecule has 0 spiro atoms. The summed E-state index contributed by atoms with van der Waals surface area (Å²) >= 11 is 0. The van der Waals surface area contributed by atoms with E-state index in [-0.39, 0.29) is 19.6 Å². The molecular weight excluding hydrogens is 506 g/mol. The molecule has 0 amide bonds. The Bertz CT molecular complexity index is 934. The van der Waals surface area contributed by atoms with Gasteiger partial charge in [0.15, 0.2) is 46.5 Å². The molecule has 2 aromatic rings. The van der Waals surface area contributed by atoms with Gasteiger partial charge in [-0.15, -0.1) is 0 Å². The summed E-state index contributed by atoms with van der Waals surface area (Å²) in [6, 6.07) is 0. The second-order valence-electron chi connectivity index (χ2n) is 7.96. The van der Waals surface area contributed by atoms with Crippen molar-refractivity contribution >= 4 is 27.0 Å². The number of hydrogen-bond donors (Lipinski definition) is 0. The van der Waals surface area contributed by atoms with Crippen molar-refractivity contribution in [3.63, 3.8) is 0 Å². The third kappa shape index (κ3) is 5.12. The smallest absolute Gasteiger partial charge is 0.224 e. The quantitative estimate of drug-likeness (QED) is 0.159. The van der Waals surface area contributed by atoms with Crippen LogP contribution in [0.5, 0.6) is 0 Å². The largest absolute Gasteiger partial charge is 0.413 e.